The molecule has 1 aliphatic heterocycles. The summed E-state index contributed by atoms with van der Waals surface area (Å²) in [6.45, 7) is 6.48. The van der Waals surface area contributed by atoms with Crippen LogP contribution >= 0.6 is 0 Å². The topological polar surface area (TPSA) is 96.9 Å². The molecule has 1 amide bonds. The highest BCUT2D eigenvalue weighted by Gasteiger charge is 2.14. The molecule has 21 heavy (non-hydrogen) atoms. The minimum absolute atomic E-state index is 0.0199. The van der Waals surface area contributed by atoms with E-state index in [1.807, 2.05) is 4.90 Å². The highest BCUT2D eigenvalue weighted by atomic mass is 16.4. The number of likely N-dealkylation sites (N-methyl/N-ethyl adjacent to an activating group) is 1. The van der Waals surface area contributed by atoms with Crippen molar-refractivity contribution in [2.75, 3.05) is 72.5 Å². The number of rotatable bonds is 4. The number of nitrogens with zero attached hydrogens (tertiary/aromatic N) is 2. The molecule has 1 aliphatic rings. The van der Waals surface area contributed by atoms with Crippen LogP contribution in [0.1, 0.15) is 0 Å². The van der Waals surface area contributed by atoms with E-state index in [-0.39, 0.29) is 12.5 Å². The number of amides is 1. The molecule has 1 rings (SSSR count). The molecule has 0 aromatic heterocycles. The van der Waals surface area contributed by atoms with E-state index in [2.05, 4.69) is 20.9 Å². The summed E-state index contributed by atoms with van der Waals surface area (Å²) in [5, 5.41) is 18.2. The largest absolute Gasteiger partial charge is 0.480 e. The predicted molar refractivity (Wildman–Crippen MR) is 80.3 cm³/mol. The summed E-state index contributed by atoms with van der Waals surface area (Å²) >= 11 is 0. The summed E-state index contributed by atoms with van der Waals surface area (Å²) in [4.78, 5) is 26.4. The summed E-state index contributed by atoms with van der Waals surface area (Å²) < 4.78 is 0. The predicted octanol–water partition coefficient (Wildman–Crippen LogP) is -2.39. The summed E-state index contributed by atoms with van der Waals surface area (Å²) in [6, 6.07) is 0. The Kier molecular flexibility index (Phi) is 8.91. The second-order valence-electron chi connectivity index (χ2n) is 5.12. The first-order valence-electron chi connectivity index (χ1n) is 7.40. The monoisotopic (exact) mass is 301 g/mol. The fraction of sp³-hybridized carbons (Fsp3) is 0.846. The lowest BCUT2D eigenvalue weighted by Gasteiger charge is -2.27. The number of carboxylic acid groups (broad SMARTS) is 1. The molecule has 0 atom stereocenters. The molecule has 0 bridgehead atoms. The van der Waals surface area contributed by atoms with Gasteiger partial charge in [-0.2, -0.15) is 0 Å². The van der Waals surface area contributed by atoms with Gasteiger partial charge in [0.05, 0.1) is 13.1 Å². The zero-order valence-corrected chi connectivity index (χ0v) is 12.7. The zero-order valence-electron chi connectivity index (χ0n) is 12.7. The standard InChI is InChI=1S/C13H27N5O3/c1-14-12(19)10-17-6-4-15-2-3-16-5-7-18(9-8-17)11-13(20)21/h15-16H,2-11H2,1H3,(H,14,19)(H,20,21). The average Bonchev–Trinajstić information content (AvgIpc) is 2.43. The van der Waals surface area contributed by atoms with Crippen molar-refractivity contribution in [2.24, 2.45) is 0 Å². The van der Waals surface area contributed by atoms with Gasteiger partial charge in [0.2, 0.25) is 5.91 Å². The molecule has 0 unspecified atom stereocenters. The Morgan fingerprint density at radius 2 is 1.48 bits per heavy atom. The Labute approximate surface area is 125 Å². The molecule has 0 saturated carbocycles. The van der Waals surface area contributed by atoms with Crippen LogP contribution in [0.25, 0.3) is 0 Å². The first-order chi connectivity index (χ1) is 10.1. The first kappa shape index (κ1) is 17.8. The molecule has 1 fully saturated rings. The zero-order chi connectivity index (χ0) is 15.5. The first-order valence-corrected chi connectivity index (χ1v) is 7.40. The van der Waals surface area contributed by atoms with Gasteiger partial charge >= 0.3 is 5.97 Å². The minimum Gasteiger partial charge on any atom is -0.480 e. The maximum atomic E-state index is 11.5. The second kappa shape index (κ2) is 10.5. The van der Waals surface area contributed by atoms with Crippen LogP contribution in [0.4, 0.5) is 0 Å². The van der Waals surface area contributed by atoms with Crippen molar-refractivity contribution < 1.29 is 14.7 Å². The molecule has 8 nitrogen and oxygen atoms in total. The fourth-order valence-electron chi connectivity index (χ4n) is 2.20. The van der Waals surface area contributed by atoms with Crippen LogP contribution in [0.3, 0.4) is 0 Å². The van der Waals surface area contributed by atoms with Gasteiger partial charge in [0.25, 0.3) is 0 Å². The minimum atomic E-state index is -0.818. The van der Waals surface area contributed by atoms with E-state index in [1.165, 1.54) is 0 Å². The molecular weight excluding hydrogens is 274 g/mol. The molecule has 4 N–H and O–H groups in total. The number of carbonyl (C=O) groups excluding carboxylic acids is 1. The fourth-order valence-corrected chi connectivity index (χ4v) is 2.20. The van der Waals surface area contributed by atoms with Gasteiger partial charge in [-0.1, -0.05) is 0 Å². The van der Waals surface area contributed by atoms with Crippen LogP contribution in [0.5, 0.6) is 0 Å². The van der Waals surface area contributed by atoms with Crippen molar-refractivity contribution in [3.8, 4) is 0 Å². The molecule has 0 spiro atoms. The van der Waals surface area contributed by atoms with Crippen LogP contribution in [0.2, 0.25) is 0 Å². The number of carboxylic acids is 1. The average molecular weight is 301 g/mol. The molecule has 0 radical (unpaired) electrons. The van der Waals surface area contributed by atoms with Gasteiger partial charge in [-0.15, -0.1) is 0 Å². The Morgan fingerprint density at radius 1 is 0.952 bits per heavy atom. The third-order valence-corrected chi connectivity index (χ3v) is 3.43. The normalized spacial score (nSPS) is 20.2. The van der Waals surface area contributed by atoms with Crippen molar-refractivity contribution in [3.05, 3.63) is 0 Å². The maximum Gasteiger partial charge on any atom is 0.317 e. The summed E-state index contributed by atoms with van der Waals surface area (Å²) in [5.41, 5.74) is 0. The van der Waals surface area contributed by atoms with E-state index < -0.39 is 5.97 Å². The van der Waals surface area contributed by atoms with E-state index in [9.17, 15) is 9.59 Å². The lowest BCUT2D eigenvalue weighted by molar-refractivity contribution is -0.138. The molecule has 0 aliphatic carbocycles. The molecule has 0 aromatic rings. The van der Waals surface area contributed by atoms with Gasteiger partial charge in [0, 0.05) is 59.4 Å². The van der Waals surface area contributed by atoms with Crippen molar-refractivity contribution in [2.45, 2.75) is 0 Å². The SMILES string of the molecule is CNC(=O)CN1CCNCCNCCN(CC(=O)O)CC1. The number of carbonyl (C=O) groups is 2. The number of aliphatic carboxylic acids is 1. The van der Waals surface area contributed by atoms with E-state index in [1.54, 1.807) is 7.05 Å². The number of hydrogen-bond acceptors (Lipinski definition) is 6. The quantitative estimate of drug-likeness (QED) is 0.460. The van der Waals surface area contributed by atoms with Crippen molar-refractivity contribution >= 4 is 11.9 Å². The van der Waals surface area contributed by atoms with E-state index >= 15 is 0 Å². The van der Waals surface area contributed by atoms with Gasteiger partial charge < -0.3 is 21.1 Å². The van der Waals surface area contributed by atoms with Gasteiger partial charge in [0.15, 0.2) is 0 Å². The van der Waals surface area contributed by atoms with Crippen molar-refractivity contribution in [1.82, 2.24) is 25.8 Å². The summed E-state index contributed by atoms with van der Waals surface area (Å²) in [6.07, 6.45) is 0. The lowest BCUT2D eigenvalue weighted by Crippen LogP contribution is -2.46. The van der Waals surface area contributed by atoms with Gasteiger partial charge in [-0.25, -0.2) is 0 Å². The third-order valence-electron chi connectivity index (χ3n) is 3.43. The summed E-state index contributed by atoms with van der Waals surface area (Å²) in [7, 11) is 1.62. The van der Waals surface area contributed by atoms with Gasteiger partial charge in [-0.05, 0) is 0 Å². The Balaban J connectivity index is 2.53. The van der Waals surface area contributed by atoms with E-state index in [0.717, 1.165) is 32.7 Å². The molecule has 8 heteroatoms. The Morgan fingerprint density at radius 3 is 1.95 bits per heavy atom. The lowest BCUT2D eigenvalue weighted by atomic mass is 10.3. The van der Waals surface area contributed by atoms with Crippen LogP contribution in [-0.2, 0) is 9.59 Å². The van der Waals surface area contributed by atoms with Gasteiger partial charge in [0.1, 0.15) is 0 Å². The maximum absolute atomic E-state index is 11.5. The second-order valence-corrected chi connectivity index (χ2v) is 5.12. The Bertz CT molecular complexity index is 327. The van der Waals surface area contributed by atoms with Crippen LogP contribution in [0, 0.1) is 0 Å². The van der Waals surface area contributed by atoms with E-state index in [4.69, 9.17) is 5.11 Å². The smallest absolute Gasteiger partial charge is 0.317 e. The molecule has 122 valence electrons. The molecule has 1 heterocycles. The molecular formula is C13H27N5O3. The van der Waals surface area contributed by atoms with Crippen LogP contribution in [-0.4, -0.2) is 99.3 Å². The van der Waals surface area contributed by atoms with Crippen molar-refractivity contribution in [1.29, 1.82) is 0 Å². The number of hydrogen-bond donors (Lipinski definition) is 4. The van der Waals surface area contributed by atoms with Crippen LogP contribution in [0.15, 0.2) is 0 Å². The highest BCUT2D eigenvalue weighted by Crippen LogP contribution is 1.94. The van der Waals surface area contributed by atoms with Gasteiger partial charge in [-0.3, -0.25) is 19.4 Å². The van der Waals surface area contributed by atoms with E-state index in [0.29, 0.717) is 26.2 Å². The molecule has 0 aromatic carbocycles. The number of nitrogens with one attached hydrogen (secondary N) is 3. The molecule has 1 saturated heterocycles. The summed E-state index contributed by atoms with van der Waals surface area (Å²) in [5.74, 6) is -0.838. The third kappa shape index (κ3) is 8.61. The van der Waals surface area contributed by atoms with Crippen molar-refractivity contribution in [3.63, 3.8) is 0 Å². The highest BCUT2D eigenvalue weighted by molar-refractivity contribution is 5.77. The Hall–Kier alpha value is -1.22. The van der Waals surface area contributed by atoms with Crippen LogP contribution < -0.4 is 16.0 Å².